The topological polar surface area (TPSA) is 124 Å². The van der Waals surface area contributed by atoms with E-state index in [2.05, 4.69) is 15.3 Å². The zero-order valence-corrected chi connectivity index (χ0v) is 21.3. The number of methoxy groups -OCH3 is 2. The lowest BCUT2D eigenvalue weighted by Crippen LogP contribution is -2.29. The molecule has 2 heterocycles. The molecule has 0 bridgehead atoms. The number of aryl methyl sites for hydroxylation is 1. The van der Waals surface area contributed by atoms with Crippen molar-refractivity contribution in [2.45, 2.75) is 19.9 Å². The summed E-state index contributed by atoms with van der Waals surface area (Å²) in [6, 6.07) is 8.88. The number of carbonyl (C=O) groups is 2. The number of pyridine rings is 1. The molecule has 11 heteroatoms. The van der Waals surface area contributed by atoms with Crippen molar-refractivity contribution in [2.24, 2.45) is 4.99 Å². The monoisotopic (exact) mass is 514 g/mol. The summed E-state index contributed by atoms with van der Waals surface area (Å²) in [6.45, 7) is 2.73. The van der Waals surface area contributed by atoms with Crippen LogP contribution < -0.4 is 19.6 Å². The molecular weight excluding hydrogens is 484 g/mol. The highest BCUT2D eigenvalue weighted by molar-refractivity contribution is 7.07. The minimum absolute atomic E-state index is 0.00603. The molecule has 192 valence electrons. The van der Waals surface area contributed by atoms with Gasteiger partial charge < -0.3 is 29.2 Å². The Bertz CT molecular complexity index is 1240. The van der Waals surface area contributed by atoms with E-state index >= 15 is 0 Å². The lowest BCUT2D eigenvalue weighted by atomic mass is 10.1. The van der Waals surface area contributed by atoms with Crippen LogP contribution in [0.2, 0.25) is 0 Å². The molecule has 10 nitrogen and oxygen atoms in total. The van der Waals surface area contributed by atoms with Gasteiger partial charge in [-0.25, -0.2) is 0 Å². The van der Waals surface area contributed by atoms with Crippen LogP contribution in [-0.2, 0) is 16.1 Å². The number of aromatic nitrogens is 2. The third-order valence-corrected chi connectivity index (χ3v) is 5.99. The molecule has 0 radical (unpaired) electrons. The first-order valence-corrected chi connectivity index (χ1v) is 12.2. The van der Waals surface area contributed by atoms with Crippen molar-refractivity contribution in [1.82, 2.24) is 14.9 Å². The second-order valence-electron chi connectivity index (χ2n) is 7.73. The molecular formula is C25H30N4O6S. The molecule has 2 aromatic heterocycles. The fourth-order valence-corrected chi connectivity index (χ4v) is 4.28. The normalized spacial score (nSPS) is 11.4. The highest BCUT2D eigenvalue weighted by Crippen LogP contribution is 2.34. The molecule has 0 fully saturated rings. The number of rotatable bonds is 12. The van der Waals surface area contributed by atoms with Crippen LogP contribution in [0.4, 0.5) is 0 Å². The minimum atomic E-state index is -0.399. The lowest BCUT2D eigenvalue weighted by molar-refractivity contribution is -0.124. The van der Waals surface area contributed by atoms with E-state index in [9.17, 15) is 14.7 Å². The minimum Gasteiger partial charge on any atom is -0.497 e. The summed E-state index contributed by atoms with van der Waals surface area (Å²) in [7, 11) is 3.03. The third-order valence-electron chi connectivity index (χ3n) is 5.12. The van der Waals surface area contributed by atoms with Gasteiger partial charge in [0.25, 0.3) is 5.91 Å². The Morgan fingerprint density at radius 1 is 1.22 bits per heavy atom. The van der Waals surface area contributed by atoms with Crippen molar-refractivity contribution in [3.63, 3.8) is 0 Å². The molecule has 2 N–H and O–H groups in total. The first-order valence-electron chi connectivity index (χ1n) is 11.3. The highest BCUT2D eigenvalue weighted by atomic mass is 32.1. The number of aliphatic hydroxyl groups is 1. The fourth-order valence-electron chi connectivity index (χ4n) is 3.36. The second kappa shape index (κ2) is 13.5. The Morgan fingerprint density at radius 3 is 2.75 bits per heavy atom. The average molecular weight is 515 g/mol. The zero-order valence-electron chi connectivity index (χ0n) is 20.5. The number of carbonyl (C=O) groups excluding carboxylic acids is 2. The largest absolute Gasteiger partial charge is 0.497 e. The molecule has 0 aliphatic rings. The van der Waals surface area contributed by atoms with Crippen LogP contribution >= 0.6 is 11.3 Å². The van der Waals surface area contributed by atoms with Gasteiger partial charge in [0, 0.05) is 49.1 Å². The number of hydrogen-bond acceptors (Lipinski definition) is 8. The van der Waals surface area contributed by atoms with Crippen LogP contribution in [0.15, 0.2) is 46.9 Å². The molecule has 0 spiro atoms. The van der Waals surface area contributed by atoms with Gasteiger partial charge in [-0.15, -0.1) is 11.3 Å². The maximum atomic E-state index is 12.9. The van der Waals surface area contributed by atoms with Gasteiger partial charge in [0.15, 0.2) is 4.80 Å². The molecule has 0 saturated carbocycles. The number of benzene rings is 1. The van der Waals surface area contributed by atoms with Gasteiger partial charge in [-0.2, -0.15) is 4.99 Å². The van der Waals surface area contributed by atoms with Crippen molar-refractivity contribution in [3.05, 3.63) is 58.0 Å². The molecule has 0 atom stereocenters. The summed E-state index contributed by atoms with van der Waals surface area (Å²) in [4.78, 5) is 33.6. The molecule has 36 heavy (non-hydrogen) atoms. The quantitative estimate of drug-likeness (QED) is 0.355. The van der Waals surface area contributed by atoms with Gasteiger partial charge in [0.1, 0.15) is 24.7 Å². The smallest absolute Gasteiger partial charge is 0.281 e. The summed E-state index contributed by atoms with van der Waals surface area (Å²) in [5.74, 6) is 0.546. The number of ether oxygens (including phenoxy) is 3. The lowest BCUT2D eigenvalue weighted by Gasteiger charge is -2.15. The Balaban J connectivity index is 1.98. The van der Waals surface area contributed by atoms with Gasteiger partial charge >= 0.3 is 0 Å². The van der Waals surface area contributed by atoms with E-state index in [1.54, 1.807) is 25.3 Å². The van der Waals surface area contributed by atoms with E-state index < -0.39 is 5.91 Å². The summed E-state index contributed by atoms with van der Waals surface area (Å²) in [5, 5.41) is 14.0. The van der Waals surface area contributed by atoms with Crippen molar-refractivity contribution in [3.8, 4) is 22.8 Å². The number of nitrogens with zero attached hydrogens (tertiary/aromatic N) is 3. The van der Waals surface area contributed by atoms with Gasteiger partial charge in [-0.3, -0.25) is 14.6 Å². The first-order chi connectivity index (χ1) is 17.5. The summed E-state index contributed by atoms with van der Waals surface area (Å²) >= 11 is 1.32. The van der Waals surface area contributed by atoms with E-state index in [1.807, 2.05) is 29.0 Å². The molecule has 1 aromatic carbocycles. The molecule has 3 rings (SSSR count). The van der Waals surface area contributed by atoms with Crippen molar-refractivity contribution in [2.75, 3.05) is 40.6 Å². The highest BCUT2D eigenvalue weighted by Gasteiger charge is 2.16. The predicted octanol–water partition coefficient (Wildman–Crippen LogP) is 2.19. The fraction of sp³-hybridized carbons (Fsp3) is 0.360. The van der Waals surface area contributed by atoms with Gasteiger partial charge in [0.05, 0.1) is 25.0 Å². The number of amides is 2. The van der Waals surface area contributed by atoms with Gasteiger partial charge in [-0.05, 0) is 37.6 Å². The molecule has 3 aromatic rings. The van der Waals surface area contributed by atoms with Crippen molar-refractivity contribution < 1.29 is 28.9 Å². The van der Waals surface area contributed by atoms with Crippen molar-refractivity contribution >= 4 is 23.2 Å². The molecule has 0 aliphatic heterocycles. The van der Waals surface area contributed by atoms with Crippen LogP contribution in [0.5, 0.6) is 11.5 Å². The van der Waals surface area contributed by atoms with Crippen molar-refractivity contribution in [1.29, 1.82) is 0 Å². The van der Waals surface area contributed by atoms with Crippen LogP contribution in [-0.4, -0.2) is 67.1 Å². The number of hydrogen-bond donors (Lipinski definition) is 2. The Hall–Kier alpha value is -3.54. The Morgan fingerprint density at radius 2 is 2.06 bits per heavy atom. The van der Waals surface area contributed by atoms with Gasteiger partial charge in [-0.1, -0.05) is 0 Å². The number of aliphatic hydroxyl groups excluding tert-OH is 1. The third kappa shape index (κ3) is 7.23. The Labute approximate surface area is 213 Å². The van der Waals surface area contributed by atoms with E-state index in [0.717, 1.165) is 17.0 Å². The Kier molecular flexibility index (Phi) is 10.2. The SMILES string of the molecule is COCC(=O)NCCCn1c(-c2ccc(OC)cc2OCCO)csc1=NC(=O)c1ccc(C)nc1. The summed E-state index contributed by atoms with van der Waals surface area (Å²) in [6.07, 6.45) is 2.10. The maximum Gasteiger partial charge on any atom is 0.281 e. The van der Waals surface area contributed by atoms with Crippen LogP contribution in [0.25, 0.3) is 11.3 Å². The summed E-state index contributed by atoms with van der Waals surface area (Å²) in [5.41, 5.74) is 2.75. The average Bonchev–Trinajstić information content (AvgIpc) is 3.27. The molecule has 0 aliphatic carbocycles. The standard InChI is InChI=1S/C25H30N4O6S/c1-17-5-6-18(14-27-17)24(32)28-25-29(10-4-9-26-23(31)15-33-2)21(16-36-25)20-8-7-19(34-3)13-22(20)35-12-11-30/h5-8,13-14,16,30H,4,9-12,15H2,1-3H3,(H,26,31). The maximum absolute atomic E-state index is 12.9. The molecule has 0 saturated heterocycles. The summed E-state index contributed by atoms with van der Waals surface area (Å²) < 4.78 is 17.9. The number of thiazole rings is 1. The van der Waals surface area contributed by atoms with E-state index in [4.69, 9.17) is 14.2 Å². The number of nitrogens with one attached hydrogen (secondary N) is 1. The van der Waals surface area contributed by atoms with Crippen LogP contribution in [0, 0.1) is 6.92 Å². The van der Waals surface area contributed by atoms with Gasteiger partial charge in [0.2, 0.25) is 5.91 Å². The van der Waals surface area contributed by atoms with E-state index in [-0.39, 0.29) is 25.7 Å². The predicted molar refractivity (Wildman–Crippen MR) is 135 cm³/mol. The van der Waals surface area contributed by atoms with E-state index in [1.165, 1.54) is 24.6 Å². The molecule has 0 unspecified atom stereocenters. The van der Waals surface area contributed by atoms with Crippen LogP contribution in [0.3, 0.4) is 0 Å². The molecule has 2 amide bonds. The second-order valence-corrected chi connectivity index (χ2v) is 8.57. The zero-order chi connectivity index (χ0) is 25.9. The van der Waals surface area contributed by atoms with Crippen LogP contribution in [0.1, 0.15) is 22.5 Å². The first kappa shape index (κ1) is 27.1. The van der Waals surface area contributed by atoms with E-state index in [0.29, 0.717) is 41.4 Å².